The van der Waals surface area contributed by atoms with Crippen LogP contribution in [-0.4, -0.2) is 35.4 Å². The molecule has 1 fully saturated rings. The number of aliphatic hydroxyl groups excluding tert-OH is 1. The third kappa shape index (κ3) is 3.72. The maximum Gasteiger partial charge on any atom is 0.226 e. The number of carbonyl (C=O) groups excluding carboxylic acids is 2. The van der Waals surface area contributed by atoms with Gasteiger partial charge in [0.15, 0.2) is 0 Å². The van der Waals surface area contributed by atoms with Crippen molar-refractivity contribution in [3.8, 4) is 0 Å². The number of nitrogens with one attached hydrogen (secondary N) is 1. The molecule has 3 rings (SSSR count). The molecular formula is C20H22N2O3. The molecule has 0 aliphatic carbocycles. The number of aliphatic hydroxyl groups is 1. The summed E-state index contributed by atoms with van der Waals surface area (Å²) in [4.78, 5) is 26.4. The van der Waals surface area contributed by atoms with Gasteiger partial charge in [0.25, 0.3) is 0 Å². The molecule has 1 aliphatic rings. The molecule has 5 heteroatoms. The highest BCUT2D eigenvalue weighted by atomic mass is 16.3. The third-order valence-electron chi connectivity index (χ3n) is 4.72. The molecule has 0 radical (unpaired) electrons. The number of carbonyl (C=O) groups is 2. The molecule has 2 aromatic rings. The summed E-state index contributed by atoms with van der Waals surface area (Å²) in [5, 5.41) is 13.0. The fourth-order valence-electron chi connectivity index (χ4n) is 3.33. The van der Waals surface area contributed by atoms with E-state index < -0.39 is 12.0 Å². The first-order valence-electron chi connectivity index (χ1n) is 8.39. The average molecular weight is 338 g/mol. The zero-order chi connectivity index (χ0) is 17.8. The Morgan fingerprint density at radius 1 is 1.16 bits per heavy atom. The monoisotopic (exact) mass is 338 g/mol. The van der Waals surface area contributed by atoms with Crippen LogP contribution in [0.1, 0.15) is 29.7 Å². The van der Waals surface area contributed by atoms with Crippen molar-refractivity contribution in [3.05, 3.63) is 71.8 Å². The van der Waals surface area contributed by atoms with E-state index in [1.54, 1.807) is 11.9 Å². The third-order valence-corrected chi connectivity index (χ3v) is 4.72. The van der Waals surface area contributed by atoms with Gasteiger partial charge in [-0.2, -0.15) is 0 Å². The van der Waals surface area contributed by atoms with Gasteiger partial charge in [0, 0.05) is 20.0 Å². The van der Waals surface area contributed by atoms with Crippen molar-refractivity contribution in [1.29, 1.82) is 0 Å². The predicted octanol–water partition coefficient (Wildman–Crippen LogP) is 2.06. The minimum Gasteiger partial charge on any atom is -0.387 e. The molecule has 1 saturated heterocycles. The van der Waals surface area contributed by atoms with Gasteiger partial charge in [-0.1, -0.05) is 60.7 Å². The van der Waals surface area contributed by atoms with Crippen LogP contribution < -0.4 is 5.32 Å². The number of nitrogens with zero attached hydrogens (tertiary/aromatic N) is 1. The lowest BCUT2D eigenvalue weighted by molar-refractivity contribution is -0.128. The fourth-order valence-corrected chi connectivity index (χ4v) is 3.33. The Bertz CT molecular complexity index is 733. The molecule has 0 spiro atoms. The molecule has 0 aromatic heterocycles. The van der Waals surface area contributed by atoms with Crippen LogP contribution in [0, 0.1) is 5.92 Å². The number of hydrogen-bond acceptors (Lipinski definition) is 3. The van der Waals surface area contributed by atoms with Crippen molar-refractivity contribution in [2.45, 2.75) is 18.6 Å². The van der Waals surface area contributed by atoms with Crippen molar-refractivity contribution in [2.24, 2.45) is 5.92 Å². The number of amides is 2. The van der Waals surface area contributed by atoms with Gasteiger partial charge in [-0.3, -0.25) is 9.59 Å². The molecular weight excluding hydrogens is 316 g/mol. The van der Waals surface area contributed by atoms with Gasteiger partial charge in [0.05, 0.1) is 18.1 Å². The number of likely N-dealkylation sites (tertiary alicyclic amines) is 1. The Kier molecular flexibility index (Phi) is 5.14. The summed E-state index contributed by atoms with van der Waals surface area (Å²) < 4.78 is 0. The summed E-state index contributed by atoms with van der Waals surface area (Å²) in [6.45, 7) is 0.124. The highest BCUT2D eigenvalue weighted by Gasteiger charge is 2.42. The van der Waals surface area contributed by atoms with Gasteiger partial charge in [0.1, 0.15) is 0 Å². The predicted molar refractivity (Wildman–Crippen MR) is 94.5 cm³/mol. The summed E-state index contributed by atoms with van der Waals surface area (Å²) in [5.74, 6) is -0.706. The standard InChI is InChI=1S/C20H22N2O3/c1-22-18(24)12-16(19(22)15-10-6-3-7-11-15)20(25)21-13-17(23)14-8-4-2-5-9-14/h2-11,16-17,19,23H,12-13H2,1H3,(H,21,25). The van der Waals surface area contributed by atoms with Crippen LogP contribution in [0.2, 0.25) is 0 Å². The molecule has 1 heterocycles. The molecule has 130 valence electrons. The minimum absolute atomic E-state index is 0.0439. The number of benzene rings is 2. The van der Waals surface area contributed by atoms with Gasteiger partial charge < -0.3 is 15.3 Å². The maximum absolute atomic E-state index is 12.7. The van der Waals surface area contributed by atoms with Crippen molar-refractivity contribution in [1.82, 2.24) is 10.2 Å². The second-order valence-corrected chi connectivity index (χ2v) is 6.34. The molecule has 2 aromatic carbocycles. The van der Waals surface area contributed by atoms with E-state index >= 15 is 0 Å². The van der Waals surface area contributed by atoms with E-state index in [0.29, 0.717) is 0 Å². The normalized spacial score (nSPS) is 21.2. The zero-order valence-corrected chi connectivity index (χ0v) is 14.1. The highest BCUT2D eigenvalue weighted by molar-refractivity contribution is 5.90. The van der Waals surface area contributed by atoms with E-state index in [4.69, 9.17) is 0 Å². The van der Waals surface area contributed by atoms with Gasteiger partial charge >= 0.3 is 0 Å². The molecule has 25 heavy (non-hydrogen) atoms. The van der Waals surface area contributed by atoms with Crippen LogP contribution in [0.15, 0.2) is 60.7 Å². The first kappa shape index (κ1) is 17.2. The second kappa shape index (κ2) is 7.49. The molecule has 1 aliphatic heterocycles. The quantitative estimate of drug-likeness (QED) is 0.877. The van der Waals surface area contributed by atoms with E-state index in [1.807, 2.05) is 60.7 Å². The summed E-state index contributed by atoms with van der Waals surface area (Å²) in [5.41, 5.74) is 1.70. The highest BCUT2D eigenvalue weighted by Crippen LogP contribution is 2.37. The Balaban J connectivity index is 1.69. The molecule has 5 nitrogen and oxygen atoms in total. The topological polar surface area (TPSA) is 69.6 Å². The first-order valence-corrected chi connectivity index (χ1v) is 8.39. The summed E-state index contributed by atoms with van der Waals surface area (Å²) in [6, 6.07) is 18.5. The molecule has 0 bridgehead atoms. The molecule has 2 amide bonds. The molecule has 3 atom stereocenters. The van der Waals surface area contributed by atoms with Crippen LogP contribution in [0.5, 0.6) is 0 Å². The Morgan fingerprint density at radius 3 is 2.40 bits per heavy atom. The van der Waals surface area contributed by atoms with Crippen LogP contribution in [0.3, 0.4) is 0 Å². The Hall–Kier alpha value is -2.66. The largest absolute Gasteiger partial charge is 0.387 e. The maximum atomic E-state index is 12.7. The lowest BCUT2D eigenvalue weighted by Crippen LogP contribution is -2.36. The number of hydrogen-bond donors (Lipinski definition) is 2. The van der Waals surface area contributed by atoms with Crippen LogP contribution in [0.25, 0.3) is 0 Å². The van der Waals surface area contributed by atoms with Crippen molar-refractivity contribution in [2.75, 3.05) is 13.6 Å². The summed E-state index contributed by atoms with van der Waals surface area (Å²) in [7, 11) is 1.73. The first-order chi connectivity index (χ1) is 12.1. The van der Waals surface area contributed by atoms with Gasteiger partial charge in [-0.25, -0.2) is 0 Å². The van der Waals surface area contributed by atoms with Gasteiger partial charge in [-0.15, -0.1) is 0 Å². The van der Waals surface area contributed by atoms with E-state index in [9.17, 15) is 14.7 Å². The van der Waals surface area contributed by atoms with Gasteiger partial charge in [0.2, 0.25) is 11.8 Å². The zero-order valence-electron chi connectivity index (χ0n) is 14.1. The number of rotatable bonds is 5. The minimum atomic E-state index is -0.768. The molecule has 2 N–H and O–H groups in total. The van der Waals surface area contributed by atoms with E-state index in [1.165, 1.54) is 0 Å². The van der Waals surface area contributed by atoms with Crippen LogP contribution >= 0.6 is 0 Å². The lowest BCUT2D eigenvalue weighted by atomic mass is 9.93. The van der Waals surface area contributed by atoms with Gasteiger partial charge in [-0.05, 0) is 11.1 Å². The van der Waals surface area contributed by atoms with Crippen molar-refractivity contribution in [3.63, 3.8) is 0 Å². The summed E-state index contributed by atoms with van der Waals surface area (Å²) in [6.07, 6.45) is -0.585. The lowest BCUT2D eigenvalue weighted by Gasteiger charge is -2.25. The van der Waals surface area contributed by atoms with Crippen molar-refractivity contribution < 1.29 is 14.7 Å². The van der Waals surface area contributed by atoms with E-state index in [2.05, 4.69) is 5.32 Å². The Morgan fingerprint density at radius 2 is 1.76 bits per heavy atom. The van der Waals surface area contributed by atoms with E-state index in [0.717, 1.165) is 11.1 Å². The Labute approximate surface area is 147 Å². The van der Waals surface area contributed by atoms with Crippen molar-refractivity contribution >= 4 is 11.8 Å². The molecule has 3 unspecified atom stereocenters. The SMILES string of the molecule is CN1C(=O)CC(C(=O)NCC(O)c2ccccc2)C1c1ccccc1. The summed E-state index contributed by atoms with van der Waals surface area (Å²) >= 11 is 0. The fraction of sp³-hybridized carbons (Fsp3) is 0.300. The van der Waals surface area contributed by atoms with E-state index in [-0.39, 0.29) is 30.8 Å². The smallest absolute Gasteiger partial charge is 0.226 e. The van der Waals surface area contributed by atoms with Crippen LogP contribution in [0.4, 0.5) is 0 Å². The second-order valence-electron chi connectivity index (χ2n) is 6.34. The average Bonchev–Trinajstić information content (AvgIpc) is 2.96. The molecule has 0 saturated carbocycles. The van der Waals surface area contributed by atoms with Crippen LogP contribution in [-0.2, 0) is 9.59 Å².